The number of hydrogen-bond acceptors (Lipinski definition) is 3. The molecule has 0 unspecified atom stereocenters. The SMILES string of the molecule is CCCCCCCCCCCC(=O)O.NCc1ccc(CN)cc1. The Balaban J connectivity index is 0.000000463. The van der Waals surface area contributed by atoms with Crippen LogP contribution in [0.1, 0.15) is 82.3 Å². The highest BCUT2D eigenvalue weighted by Crippen LogP contribution is 2.10. The van der Waals surface area contributed by atoms with Crippen LogP contribution in [-0.4, -0.2) is 11.1 Å². The Labute approximate surface area is 147 Å². The van der Waals surface area contributed by atoms with Gasteiger partial charge in [0.25, 0.3) is 0 Å². The van der Waals surface area contributed by atoms with Gasteiger partial charge in [0.1, 0.15) is 0 Å². The zero-order chi connectivity index (χ0) is 18.0. The van der Waals surface area contributed by atoms with Crippen LogP contribution in [0.2, 0.25) is 0 Å². The number of rotatable bonds is 12. The van der Waals surface area contributed by atoms with Crippen LogP contribution in [-0.2, 0) is 17.9 Å². The fraction of sp³-hybridized carbons (Fsp3) is 0.650. The van der Waals surface area contributed by atoms with Crippen molar-refractivity contribution in [3.05, 3.63) is 35.4 Å². The van der Waals surface area contributed by atoms with E-state index in [9.17, 15) is 4.79 Å². The minimum atomic E-state index is -0.659. The molecule has 5 N–H and O–H groups in total. The fourth-order valence-electron chi connectivity index (χ4n) is 2.40. The summed E-state index contributed by atoms with van der Waals surface area (Å²) in [5, 5.41) is 8.41. The van der Waals surface area contributed by atoms with Gasteiger partial charge in [-0.15, -0.1) is 0 Å². The smallest absolute Gasteiger partial charge is 0.303 e. The molecule has 0 aliphatic carbocycles. The maximum absolute atomic E-state index is 10.2. The van der Waals surface area contributed by atoms with E-state index in [1.54, 1.807) is 0 Å². The number of carbonyl (C=O) groups is 1. The maximum Gasteiger partial charge on any atom is 0.303 e. The summed E-state index contributed by atoms with van der Waals surface area (Å²) in [6.45, 7) is 3.43. The first-order valence-electron chi connectivity index (χ1n) is 9.33. The van der Waals surface area contributed by atoms with Crippen molar-refractivity contribution in [3.8, 4) is 0 Å². The average Bonchev–Trinajstić information content (AvgIpc) is 2.60. The summed E-state index contributed by atoms with van der Waals surface area (Å²) in [6, 6.07) is 8.01. The zero-order valence-corrected chi connectivity index (χ0v) is 15.3. The van der Waals surface area contributed by atoms with Crippen LogP contribution in [0.15, 0.2) is 24.3 Å². The number of aliphatic carboxylic acids is 1. The Morgan fingerprint density at radius 1 is 0.792 bits per heavy atom. The number of carboxylic acid groups (broad SMARTS) is 1. The van der Waals surface area contributed by atoms with Crippen molar-refractivity contribution in [3.63, 3.8) is 0 Å². The second kappa shape index (κ2) is 16.5. The predicted molar refractivity (Wildman–Crippen MR) is 102 cm³/mol. The van der Waals surface area contributed by atoms with Gasteiger partial charge in [-0.2, -0.15) is 0 Å². The van der Waals surface area contributed by atoms with E-state index in [0.29, 0.717) is 19.5 Å². The third-order valence-corrected chi connectivity index (χ3v) is 3.99. The third kappa shape index (κ3) is 14.2. The Hall–Kier alpha value is -1.39. The number of hydrogen-bond donors (Lipinski definition) is 3. The molecule has 1 aromatic carbocycles. The number of unbranched alkanes of at least 4 members (excludes halogenated alkanes) is 8. The molecule has 0 amide bonds. The molecule has 4 heteroatoms. The average molecular weight is 337 g/mol. The van der Waals surface area contributed by atoms with Crippen molar-refractivity contribution in [2.45, 2.75) is 84.2 Å². The molecular weight excluding hydrogens is 300 g/mol. The quantitative estimate of drug-likeness (QED) is 0.487. The van der Waals surface area contributed by atoms with Crippen molar-refractivity contribution in [1.82, 2.24) is 0 Å². The second-order valence-corrected chi connectivity index (χ2v) is 6.20. The molecule has 0 aliphatic rings. The van der Waals surface area contributed by atoms with E-state index in [-0.39, 0.29) is 0 Å². The van der Waals surface area contributed by atoms with E-state index >= 15 is 0 Å². The molecule has 1 aromatic rings. The van der Waals surface area contributed by atoms with E-state index in [1.807, 2.05) is 24.3 Å². The Morgan fingerprint density at radius 3 is 1.50 bits per heavy atom. The fourth-order valence-corrected chi connectivity index (χ4v) is 2.40. The van der Waals surface area contributed by atoms with Crippen molar-refractivity contribution < 1.29 is 9.90 Å². The summed E-state index contributed by atoms with van der Waals surface area (Å²) in [4.78, 5) is 10.2. The monoisotopic (exact) mass is 336 g/mol. The molecule has 1 rings (SSSR count). The largest absolute Gasteiger partial charge is 0.481 e. The highest BCUT2D eigenvalue weighted by Gasteiger charge is 1.96. The summed E-state index contributed by atoms with van der Waals surface area (Å²) < 4.78 is 0. The molecule has 24 heavy (non-hydrogen) atoms. The summed E-state index contributed by atoms with van der Waals surface area (Å²) >= 11 is 0. The molecule has 0 aliphatic heterocycles. The molecule has 0 spiro atoms. The highest BCUT2D eigenvalue weighted by molar-refractivity contribution is 5.66. The van der Waals surface area contributed by atoms with Crippen molar-refractivity contribution in [1.29, 1.82) is 0 Å². The first-order chi connectivity index (χ1) is 11.6. The Bertz CT molecular complexity index is 382. The molecule has 4 nitrogen and oxygen atoms in total. The summed E-state index contributed by atoms with van der Waals surface area (Å²) in [5.41, 5.74) is 13.1. The Morgan fingerprint density at radius 2 is 1.17 bits per heavy atom. The van der Waals surface area contributed by atoms with Gasteiger partial charge in [-0.25, -0.2) is 0 Å². The van der Waals surface area contributed by atoms with Crippen LogP contribution in [0, 0.1) is 0 Å². The second-order valence-electron chi connectivity index (χ2n) is 6.20. The lowest BCUT2D eigenvalue weighted by atomic mass is 10.1. The van der Waals surface area contributed by atoms with Gasteiger partial charge in [-0.05, 0) is 17.5 Å². The molecule has 138 valence electrons. The van der Waals surface area contributed by atoms with E-state index < -0.39 is 5.97 Å². The van der Waals surface area contributed by atoms with Gasteiger partial charge in [-0.3, -0.25) is 4.79 Å². The standard InChI is InChI=1S/C12H24O2.C8H12N2/c1-2-3-4-5-6-7-8-9-10-11-12(13)14;9-5-7-1-2-8(6-10)4-3-7/h2-11H2,1H3,(H,13,14);1-4H,5-6,9-10H2. The molecule has 0 bridgehead atoms. The van der Waals surface area contributed by atoms with Crippen LogP contribution in [0.5, 0.6) is 0 Å². The lowest BCUT2D eigenvalue weighted by Crippen LogP contribution is -1.98. The molecule has 0 aromatic heterocycles. The Kier molecular flexibility index (Phi) is 15.5. The lowest BCUT2D eigenvalue weighted by molar-refractivity contribution is -0.137. The minimum Gasteiger partial charge on any atom is -0.481 e. The molecule has 0 radical (unpaired) electrons. The molecular formula is C20H36N2O2. The van der Waals surface area contributed by atoms with Crippen LogP contribution < -0.4 is 11.5 Å². The van der Waals surface area contributed by atoms with Crippen LogP contribution in [0.3, 0.4) is 0 Å². The van der Waals surface area contributed by atoms with Crippen molar-refractivity contribution in [2.75, 3.05) is 0 Å². The van der Waals surface area contributed by atoms with Gasteiger partial charge < -0.3 is 16.6 Å². The van der Waals surface area contributed by atoms with Gasteiger partial charge in [-0.1, -0.05) is 82.6 Å². The van der Waals surface area contributed by atoms with Gasteiger partial charge in [0.05, 0.1) is 0 Å². The summed E-state index contributed by atoms with van der Waals surface area (Å²) in [7, 11) is 0. The summed E-state index contributed by atoms with van der Waals surface area (Å²) in [6.07, 6.45) is 11.5. The normalized spacial score (nSPS) is 10.1. The van der Waals surface area contributed by atoms with E-state index in [2.05, 4.69) is 6.92 Å². The molecule has 0 saturated carbocycles. The number of benzene rings is 1. The van der Waals surface area contributed by atoms with Crippen LogP contribution in [0.4, 0.5) is 0 Å². The molecule has 0 saturated heterocycles. The zero-order valence-electron chi connectivity index (χ0n) is 15.3. The molecule has 0 fully saturated rings. The lowest BCUT2D eigenvalue weighted by Gasteiger charge is -2.00. The topological polar surface area (TPSA) is 89.3 Å². The first kappa shape index (κ1) is 22.6. The maximum atomic E-state index is 10.2. The molecule has 0 atom stereocenters. The summed E-state index contributed by atoms with van der Waals surface area (Å²) in [5.74, 6) is -0.659. The van der Waals surface area contributed by atoms with E-state index in [4.69, 9.17) is 16.6 Å². The van der Waals surface area contributed by atoms with Gasteiger partial charge in [0.15, 0.2) is 0 Å². The minimum absolute atomic E-state index is 0.343. The van der Waals surface area contributed by atoms with Gasteiger partial charge in [0, 0.05) is 19.5 Å². The predicted octanol–water partition coefficient (Wildman–Crippen LogP) is 4.60. The first-order valence-corrected chi connectivity index (χ1v) is 9.33. The highest BCUT2D eigenvalue weighted by atomic mass is 16.4. The number of carboxylic acids is 1. The third-order valence-electron chi connectivity index (χ3n) is 3.99. The van der Waals surface area contributed by atoms with Crippen LogP contribution in [0.25, 0.3) is 0 Å². The van der Waals surface area contributed by atoms with E-state index in [0.717, 1.165) is 24.0 Å². The number of nitrogens with two attached hydrogens (primary N) is 2. The van der Waals surface area contributed by atoms with E-state index in [1.165, 1.54) is 44.9 Å². The van der Waals surface area contributed by atoms with Crippen LogP contribution >= 0.6 is 0 Å². The van der Waals surface area contributed by atoms with Crippen molar-refractivity contribution in [2.24, 2.45) is 11.5 Å². The molecule has 0 heterocycles. The van der Waals surface area contributed by atoms with Gasteiger partial charge >= 0.3 is 5.97 Å². The van der Waals surface area contributed by atoms with Gasteiger partial charge in [0.2, 0.25) is 0 Å². The van der Waals surface area contributed by atoms with Crippen molar-refractivity contribution >= 4 is 5.97 Å².